The van der Waals surface area contributed by atoms with Crippen molar-refractivity contribution in [1.29, 1.82) is 0 Å². The Balaban J connectivity index is 1.35. The van der Waals surface area contributed by atoms with Crippen LogP contribution in [0.2, 0.25) is 5.02 Å². The monoisotopic (exact) mass is 484 g/mol. The number of piperidine rings is 1. The highest BCUT2D eigenvalue weighted by Gasteiger charge is 2.43. The Morgan fingerprint density at radius 3 is 2.30 bits per heavy atom. The van der Waals surface area contributed by atoms with Crippen molar-refractivity contribution in [3.63, 3.8) is 0 Å². The fourth-order valence-corrected chi connectivity index (χ4v) is 5.12. The highest BCUT2D eigenvalue weighted by Crippen LogP contribution is 2.47. The lowest BCUT2D eigenvalue weighted by molar-refractivity contribution is -0.157. The number of aliphatic hydroxyl groups is 1. The quantitative estimate of drug-likeness (QED) is 0.699. The number of carbonyl (C=O) groups is 2. The molecule has 1 aromatic heterocycles. The number of furan rings is 1. The summed E-state index contributed by atoms with van der Waals surface area (Å²) < 4.78 is 46.5. The summed E-state index contributed by atoms with van der Waals surface area (Å²) in [6.07, 6.45) is -2.12. The van der Waals surface area contributed by atoms with Crippen molar-refractivity contribution < 1.29 is 32.3 Å². The van der Waals surface area contributed by atoms with Crippen LogP contribution in [-0.4, -0.2) is 58.5 Å². The fraction of sp³-hybridized carbons (Fsp3) is 0.565. The van der Waals surface area contributed by atoms with Crippen molar-refractivity contribution in [2.24, 2.45) is 5.92 Å². The van der Waals surface area contributed by atoms with Crippen molar-refractivity contribution in [1.82, 2.24) is 9.80 Å². The van der Waals surface area contributed by atoms with Gasteiger partial charge in [-0.15, -0.1) is 0 Å². The van der Waals surface area contributed by atoms with E-state index in [9.17, 15) is 27.9 Å². The highest BCUT2D eigenvalue weighted by molar-refractivity contribution is 6.38. The summed E-state index contributed by atoms with van der Waals surface area (Å²) in [6, 6.07) is 2.69. The molecule has 2 aliphatic heterocycles. The number of β-amino-alcohol motifs (C(OH)–C–C–N with tert-alkyl or cyclic N) is 1. The lowest BCUT2D eigenvalue weighted by Gasteiger charge is -2.46. The third-order valence-electron chi connectivity index (χ3n) is 6.81. The number of nitrogens with zero attached hydrogens (tertiary/aromatic N) is 2. The summed E-state index contributed by atoms with van der Waals surface area (Å²) in [6.45, 7) is 2.81. The number of likely N-dealkylation sites (tertiary alicyclic amines) is 2. The predicted molar refractivity (Wildman–Crippen MR) is 114 cm³/mol. The summed E-state index contributed by atoms with van der Waals surface area (Å²) in [4.78, 5) is 28.7. The molecular formula is C23H24ClF3N2O4. The van der Waals surface area contributed by atoms with Crippen LogP contribution in [0.25, 0.3) is 11.0 Å². The zero-order valence-corrected chi connectivity index (χ0v) is 18.8. The average Bonchev–Trinajstić information content (AvgIpc) is 3.54. The topological polar surface area (TPSA) is 74.0 Å². The van der Waals surface area contributed by atoms with E-state index in [1.54, 1.807) is 17.9 Å². The minimum atomic E-state index is -4.63. The number of alkyl halides is 3. The molecule has 2 aromatic rings. The van der Waals surface area contributed by atoms with Gasteiger partial charge >= 0.3 is 6.18 Å². The van der Waals surface area contributed by atoms with Gasteiger partial charge in [-0.2, -0.15) is 13.2 Å². The second-order valence-corrected chi connectivity index (χ2v) is 10.1. The smallest absolute Gasteiger partial charge is 0.420 e. The SMILES string of the molecule is CC1(O)CN(C(=O)C2CCN(C(=O)c3oc4c(C(F)(F)F)cc(C5CC5)cc4c3Cl)CC2)C1. The van der Waals surface area contributed by atoms with E-state index in [1.165, 1.54) is 4.90 Å². The van der Waals surface area contributed by atoms with Gasteiger partial charge in [0.15, 0.2) is 0 Å². The molecule has 0 radical (unpaired) electrons. The molecule has 5 rings (SSSR count). The average molecular weight is 485 g/mol. The Hall–Kier alpha value is -2.26. The third kappa shape index (κ3) is 4.10. The number of amides is 2. The lowest BCUT2D eigenvalue weighted by Crippen LogP contribution is -2.63. The van der Waals surface area contributed by atoms with Crippen molar-refractivity contribution in [3.05, 3.63) is 34.0 Å². The van der Waals surface area contributed by atoms with Crippen LogP contribution in [0.1, 0.15) is 60.2 Å². The molecule has 2 amide bonds. The van der Waals surface area contributed by atoms with Crippen LogP contribution in [0.4, 0.5) is 13.2 Å². The molecule has 3 aliphatic rings. The first-order valence-corrected chi connectivity index (χ1v) is 11.5. The molecule has 10 heteroatoms. The Bertz CT molecular complexity index is 1120. The molecule has 1 aliphatic carbocycles. The van der Waals surface area contributed by atoms with Crippen LogP contribution in [0.15, 0.2) is 16.5 Å². The molecule has 6 nitrogen and oxygen atoms in total. The molecule has 0 spiro atoms. The van der Waals surface area contributed by atoms with Gasteiger partial charge in [0.05, 0.1) is 29.3 Å². The second-order valence-electron chi connectivity index (χ2n) is 9.72. The Morgan fingerprint density at radius 1 is 1.12 bits per heavy atom. The minimum absolute atomic E-state index is 0.0437. The number of hydrogen-bond acceptors (Lipinski definition) is 4. The maximum Gasteiger partial charge on any atom is 0.420 e. The zero-order valence-electron chi connectivity index (χ0n) is 18.0. The van der Waals surface area contributed by atoms with E-state index in [0.717, 1.165) is 18.9 Å². The molecule has 0 unspecified atom stereocenters. The molecule has 1 saturated carbocycles. The fourth-order valence-electron chi connectivity index (χ4n) is 4.86. The van der Waals surface area contributed by atoms with Crippen molar-refractivity contribution in [2.45, 2.75) is 50.3 Å². The summed E-state index contributed by atoms with van der Waals surface area (Å²) in [5, 5.41) is 9.83. The first-order valence-electron chi connectivity index (χ1n) is 11.1. The maximum absolute atomic E-state index is 13.7. The molecule has 1 aromatic carbocycles. The van der Waals surface area contributed by atoms with Gasteiger partial charge in [0, 0.05) is 24.4 Å². The van der Waals surface area contributed by atoms with Crippen LogP contribution in [0.3, 0.4) is 0 Å². The van der Waals surface area contributed by atoms with Gasteiger partial charge in [-0.25, -0.2) is 0 Å². The molecule has 178 valence electrons. The molecule has 0 atom stereocenters. The molecule has 2 saturated heterocycles. The van der Waals surface area contributed by atoms with E-state index in [2.05, 4.69) is 0 Å². The van der Waals surface area contributed by atoms with Gasteiger partial charge < -0.3 is 19.3 Å². The predicted octanol–water partition coefficient (Wildman–Crippen LogP) is 4.43. The van der Waals surface area contributed by atoms with Gasteiger partial charge in [0.25, 0.3) is 5.91 Å². The molecule has 1 N–H and O–H groups in total. The van der Waals surface area contributed by atoms with Gasteiger partial charge in [0.2, 0.25) is 11.7 Å². The molecule has 3 heterocycles. The number of fused-ring (bicyclic) bond motifs is 1. The first kappa shape index (κ1) is 22.5. The van der Waals surface area contributed by atoms with Crippen LogP contribution in [0.5, 0.6) is 0 Å². The van der Waals surface area contributed by atoms with Crippen LogP contribution < -0.4 is 0 Å². The van der Waals surface area contributed by atoms with E-state index in [-0.39, 0.29) is 47.0 Å². The van der Waals surface area contributed by atoms with E-state index < -0.39 is 28.8 Å². The summed E-state index contributed by atoms with van der Waals surface area (Å²) in [5.41, 5.74) is -1.63. The van der Waals surface area contributed by atoms with Gasteiger partial charge in [0.1, 0.15) is 5.58 Å². The van der Waals surface area contributed by atoms with Crippen molar-refractivity contribution in [2.75, 3.05) is 26.2 Å². The second kappa shape index (κ2) is 7.63. The third-order valence-corrected chi connectivity index (χ3v) is 7.18. The number of carbonyl (C=O) groups excluding carboxylic acids is 2. The van der Waals surface area contributed by atoms with E-state index >= 15 is 0 Å². The Morgan fingerprint density at radius 2 is 1.76 bits per heavy atom. The van der Waals surface area contributed by atoms with E-state index in [1.807, 2.05) is 0 Å². The van der Waals surface area contributed by atoms with Gasteiger partial charge in [-0.3, -0.25) is 9.59 Å². The Labute approximate surface area is 193 Å². The molecule has 33 heavy (non-hydrogen) atoms. The van der Waals surface area contributed by atoms with E-state index in [4.69, 9.17) is 16.0 Å². The van der Waals surface area contributed by atoms with Gasteiger partial charge in [-0.1, -0.05) is 11.6 Å². The summed E-state index contributed by atoms with van der Waals surface area (Å²) in [7, 11) is 0. The number of benzene rings is 1. The summed E-state index contributed by atoms with van der Waals surface area (Å²) in [5.74, 6) is -1.09. The largest absolute Gasteiger partial charge is 0.449 e. The Kier molecular flexibility index (Phi) is 5.21. The van der Waals surface area contributed by atoms with Crippen LogP contribution >= 0.6 is 11.6 Å². The first-order chi connectivity index (χ1) is 15.4. The molecular weight excluding hydrogens is 461 g/mol. The van der Waals surface area contributed by atoms with Crippen LogP contribution in [-0.2, 0) is 11.0 Å². The standard InChI is InChI=1S/C23H24ClF3N2O4/c1-22(32)10-29(11-22)20(30)13-4-6-28(7-5-13)21(31)19-17(24)15-8-14(12-2-3-12)9-16(18(15)33-19)23(25,26)27/h8-9,12-13,32H,2-7,10-11H2,1H3. The van der Waals surface area contributed by atoms with Crippen LogP contribution in [0, 0.1) is 5.92 Å². The summed E-state index contributed by atoms with van der Waals surface area (Å²) >= 11 is 6.37. The minimum Gasteiger partial charge on any atom is -0.449 e. The van der Waals surface area contributed by atoms with Gasteiger partial charge in [-0.05, 0) is 56.2 Å². The normalized spacial score (nSPS) is 21.4. The number of hydrogen-bond donors (Lipinski definition) is 1. The van der Waals surface area contributed by atoms with Crippen molar-refractivity contribution >= 4 is 34.4 Å². The van der Waals surface area contributed by atoms with E-state index in [0.29, 0.717) is 31.5 Å². The highest BCUT2D eigenvalue weighted by atomic mass is 35.5. The molecule has 0 bridgehead atoms. The van der Waals surface area contributed by atoms with Crippen molar-refractivity contribution in [3.8, 4) is 0 Å². The molecule has 3 fully saturated rings. The lowest BCUT2D eigenvalue weighted by atomic mass is 9.90. The number of halogens is 4. The zero-order chi connectivity index (χ0) is 23.7. The number of rotatable bonds is 3. The maximum atomic E-state index is 13.7.